The van der Waals surface area contributed by atoms with Gasteiger partial charge >= 0.3 is 6.09 Å². The zero-order valence-corrected chi connectivity index (χ0v) is 33.9. The van der Waals surface area contributed by atoms with Gasteiger partial charge in [-0.25, -0.2) is 14.8 Å². The molecule has 1 aliphatic carbocycles. The Labute approximate surface area is 341 Å². The number of aliphatic hydroxyl groups is 1. The van der Waals surface area contributed by atoms with Crippen LogP contribution in [0.3, 0.4) is 0 Å². The van der Waals surface area contributed by atoms with Gasteiger partial charge in [-0.15, -0.1) is 0 Å². The van der Waals surface area contributed by atoms with Crippen LogP contribution in [0.2, 0.25) is 10.0 Å². The molecule has 3 N–H and O–H groups in total. The van der Waals surface area contributed by atoms with Crippen LogP contribution in [0.5, 0.6) is 5.88 Å². The number of pyridine rings is 2. The number of rotatable bonds is 13. The number of hydrogen-bond donors (Lipinski definition) is 3. The number of benzene rings is 2. The predicted octanol–water partition coefficient (Wildman–Crippen LogP) is 7.14. The number of amides is 2. The van der Waals surface area contributed by atoms with E-state index in [1.54, 1.807) is 17.3 Å². The van der Waals surface area contributed by atoms with Crippen molar-refractivity contribution in [1.82, 2.24) is 29.9 Å². The number of nitrogens with one attached hydrogen (secondary N) is 2. The van der Waals surface area contributed by atoms with Crippen LogP contribution in [0.4, 0.5) is 4.79 Å². The highest BCUT2D eigenvalue weighted by molar-refractivity contribution is 6.39. The van der Waals surface area contributed by atoms with Crippen molar-refractivity contribution < 1.29 is 24.2 Å². The molecule has 1 saturated carbocycles. The largest absolute Gasteiger partial charge is 0.481 e. The van der Waals surface area contributed by atoms with Crippen LogP contribution in [0, 0.1) is 11.8 Å². The number of nitrogens with zero attached hydrogens (tertiary/aromatic N) is 4. The van der Waals surface area contributed by atoms with Gasteiger partial charge in [-0.3, -0.25) is 14.0 Å². The van der Waals surface area contributed by atoms with Crippen molar-refractivity contribution in [2.24, 2.45) is 11.8 Å². The smallest absolute Gasteiger partial charge is 0.410 e. The summed E-state index contributed by atoms with van der Waals surface area (Å²) in [6.45, 7) is 7.22. The zero-order valence-electron chi connectivity index (χ0n) is 32.4. The summed E-state index contributed by atoms with van der Waals surface area (Å²) in [4.78, 5) is 49.5. The molecular weight excluding hydrogens is 767 g/mol. The number of methoxy groups -OCH3 is 1. The highest BCUT2D eigenvalue weighted by atomic mass is 35.5. The van der Waals surface area contributed by atoms with Gasteiger partial charge in [0.05, 0.1) is 29.4 Å². The lowest BCUT2D eigenvalue weighted by molar-refractivity contribution is -0.119. The van der Waals surface area contributed by atoms with E-state index >= 15 is 0 Å². The molecule has 3 aromatic heterocycles. The molecule has 12 nitrogen and oxygen atoms in total. The van der Waals surface area contributed by atoms with Gasteiger partial charge in [-0.2, -0.15) is 0 Å². The fourth-order valence-electron chi connectivity index (χ4n) is 7.21. The van der Waals surface area contributed by atoms with E-state index < -0.39 is 11.7 Å². The Morgan fingerprint density at radius 2 is 1.72 bits per heavy atom. The minimum atomic E-state index is -0.706. The van der Waals surface area contributed by atoms with Crippen LogP contribution >= 0.6 is 23.2 Å². The molecule has 4 heterocycles. The van der Waals surface area contributed by atoms with Crippen LogP contribution in [-0.2, 0) is 22.6 Å². The van der Waals surface area contributed by atoms with Crippen molar-refractivity contribution in [1.29, 1.82) is 0 Å². The lowest BCUT2D eigenvalue weighted by Gasteiger charge is -2.29. The third-order valence-electron chi connectivity index (χ3n) is 10.4. The summed E-state index contributed by atoms with van der Waals surface area (Å²) in [5.41, 5.74) is 5.02. The van der Waals surface area contributed by atoms with Gasteiger partial charge in [0, 0.05) is 77.9 Å². The summed E-state index contributed by atoms with van der Waals surface area (Å²) in [7, 11) is 1.52. The molecule has 14 heteroatoms. The maximum Gasteiger partial charge on any atom is 0.410 e. The summed E-state index contributed by atoms with van der Waals surface area (Å²) in [5, 5.41) is 16.5. The molecule has 0 bridgehead atoms. The van der Waals surface area contributed by atoms with E-state index in [0.29, 0.717) is 86.3 Å². The highest BCUT2D eigenvalue weighted by Gasteiger charge is 2.35. The number of hydrogen-bond acceptors (Lipinski definition) is 9. The molecule has 2 unspecified atom stereocenters. The van der Waals surface area contributed by atoms with Gasteiger partial charge in [0.2, 0.25) is 11.8 Å². The number of ether oxygens (including phenoxy) is 2. The highest BCUT2D eigenvalue weighted by Crippen LogP contribution is 2.42. The van der Waals surface area contributed by atoms with Crippen LogP contribution in [0.15, 0.2) is 77.9 Å². The third kappa shape index (κ3) is 9.10. The molecule has 57 heavy (non-hydrogen) atoms. The van der Waals surface area contributed by atoms with Crippen LogP contribution in [0.25, 0.3) is 39.2 Å². The molecule has 298 valence electrons. The number of carbonyl (C=O) groups excluding carboxylic acids is 2. The van der Waals surface area contributed by atoms with Crippen LogP contribution in [0.1, 0.15) is 51.2 Å². The second-order valence-electron chi connectivity index (χ2n) is 15.7. The van der Waals surface area contributed by atoms with E-state index in [2.05, 4.69) is 15.6 Å². The van der Waals surface area contributed by atoms with Gasteiger partial charge in [0.25, 0.3) is 5.56 Å². The number of fused-ring (bicyclic) bond motifs is 1. The number of aliphatic hydroxyl groups excluding tert-OH is 1. The van der Waals surface area contributed by atoms with Crippen molar-refractivity contribution in [2.75, 3.05) is 26.8 Å². The Balaban J connectivity index is 1.13. The molecule has 1 saturated heterocycles. The van der Waals surface area contributed by atoms with Gasteiger partial charge in [0.1, 0.15) is 11.2 Å². The van der Waals surface area contributed by atoms with Gasteiger partial charge < -0.3 is 30.1 Å². The molecule has 1 aliphatic heterocycles. The van der Waals surface area contributed by atoms with Gasteiger partial charge in [0.15, 0.2) is 0 Å². The Morgan fingerprint density at radius 3 is 2.39 bits per heavy atom. The van der Waals surface area contributed by atoms with E-state index in [1.165, 1.54) is 11.5 Å². The molecule has 2 amide bonds. The molecule has 2 fully saturated rings. The Kier molecular flexibility index (Phi) is 11.9. The van der Waals surface area contributed by atoms with Crippen molar-refractivity contribution in [3.8, 4) is 39.4 Å². The van der Waals surface area contributed by atoms with E-state index in [1.807, 2.05) is 81.4 Å². The van der Waals surface area contributed by atoms with Crippen molar-refractivity contribution in [3.05, 3.63) is 105 Å². The first-order chi connectivity index (χ1) is 27.3. The molecule has 0 spiro atoms. The molecule has 7 rings (SSSR count). The fraction of sp³-hybridized carbons (Fsp3) is 0.372. The second-order valence-corrected chi connectivity index (χ2v) is 16.4. The Bertz CT molecular complexity index is 2380. The predicted molar refractivity (Wildman–Crippen MR) is 220 cm³/mol. The average molecular weight is 814 g/mol. The van der Waals surface area contributed by atoms with Crippen molar-refractivity contribution in [2.45, 2.75) is 64.8 Å². The quantitative estimate of drug-likeness (QED) is 0.113. The lowest BCUT2D eigenvalue weighted by Crippen LogP contribution is -2.43. The minimum Gasteiger partial charge on any atom is -0.481 e. The normalized spacial score (nSPS) is 17.7. The van der Waals surface area contributed by atoms with E-state index in [0.717, 1.165) is 24.1 Å². The molecular formula is C43H46Cl2N6O6. The van der Waals surface area contributed by atoms with E-state index in [-0.39, 0.29) is 37.2 Å². The number of halogens is 2. The molecule has 0 radical (unpaired) electrons. The first-order valence-electron chi connectivity index (χ1n) is 19.0. The first-order valence-corrected chi connectivity index (χ1v) is 19.8. The fourth-order valence-corrected chi connectivity index (χ4v) is 7.87. The SMILES string of the molecule is COc1nc(-c2cccc(-c3cccc(-c4ccn5c(=O)c(CNCC6CC6CO)cnc5c4)c3Cl)c2Cl)ccc1CN(C[C@@H]1CCC(=O)N1)C(=O)OC(C)(C)C. The summed E-state index contributed by atoms with van der Waals surface area (Å²) >= 11 is 14.3. The summed E-state index contributed by atoms with van der Waals surface area (Å²) in [6.07, 6.45) is 4.87. The lowest BCUT2D eigenvalue weighted by atomic mass is 9.97. The Morgan fingerprint density at radius 1 is 1.00 bits per heavy atom. The summed E-state index contributed by atoms with van der Waals surface area (Å²) in [6, 6.07) is 18.5. The monoisotopic (exact) mass is 812 g/mol. The van der Waals surface area contributed by atoms with Crippen LogP contribution < -0.4 is 20.9 Å². The maximum absolute atomic E-state index is 13.3. The minimum absolute atomic E-state index is 0.0374. The van der Waals surface area contributed by atoms with E-state index in [4.69, 9.17) is 37.7 Å². The summed E-state index contributed by atoms with van der Waals surface area (Å²) < 4.78 is 13.0. The molecule has 3 atom stereocenters. The number of carbonyl (C=O) groups is 2. The third-order valence-corrected chi connectivity index (χ3v) is 11.2. The maximum atomic E-state index is 13.3. The standard InChI is InChI=1S/C43H46Cl2N6O6/c1-43(2,3)57-42(55)50(23-30-12-14-37(53)48-30)22-26-11-13-35(49-40(26)56-4)34-10-6-9-33(39(34)45)32-8-5-7-31(38(32)44)25-15-16-51-36(18-25)47-21-29(41(51)54)20-46-19-27-17-28(27)24-52/h5-11,13,15-16,18,21,27-28,30,46,52H,12,14,17,19-20,22-24H2,1-4H3,(H,48,53)/t27?,28?,30-/m0/s1. The van der Waals surface area contributed by atoms with Gasteiger partial charge in [-0.1, -0.05) is 59.6 Å². The second kappa shape index (κ2) is 16.8. The zero-order chi connectivity index (χ0) is 40.4. The summed E-state index contributed by atoms with van der Waals surface area (Å²) in [5.74, 6) is 1.09. The average Bonchev–Trinajstić information content (AvgIpc) is 3.83. The topological polar surface area (TPSA) is 147 Å². The van der Waals surface area contributed by atoms with Gasteiger partial charge in [-0.05, 0) is 81.8 Å². The first kappa shape index (κ1) is 40.2. The molecule has 2 aliphatic rings. The van der Waals surface area contributed by atoms with Crippen LogP contribution in [-0.4, -0.2) is 74.8 Å². The van der Waals surface area contributed by atoms with Crippen molar-refractivity contribution >= 4 is 40.8 Å². The number of aromatic nitrogens is 3. The van der Waals surface area contributed by atoms with Crippen molar-refractivity contribution in [3.63, 3.8) is 0 Å². The molecule has 5 aromatic rings. The molecule has 2 aromatic carbocycles. The Hall–Kier alpha value is -5.01. The van der Waals surface area contributed by atoms with E-state index in [9.17, 15) is 19.5 Å².